The van der Waals surface area contributed by atoms with E-state index in [9.17, 15) is 4.39 Å². The predicted molar refractivity (Wildman–Crippen MR) is 69.8 cm³/mol. The number of hydrogen-bond acceptors (Lipinski definition) is 3. The van der Waals surface area contributed by atoms with Crippen LogP contribution in [0.4, 0.5) is 10.2 Å². The van der Waals surface area contributed by atoms with E-state index in [1.54, 1.807) is 12.1 Å². The average Bonchev–Trinajstić information content (AvgIpc) is 2.39. The van der Waals surface area contributed by atoms with E-state index in [2.05, 4.69) is 22.2 Å². The van der Waals surface area contributed by atoms with Gasteiger partial charge < -0.3 is 5.32 Å². The van der Waals surface area contributed by atoms with Crippen molar-refractivity contribution in [2.75, 3.05) is 5.32 Å². The van der Waals surface area contributed by atoms with Gasteiger partial charge in [-0.1, -0.05) is 31.5 Å². The normalized spacial score (nSPS) is 10.3. The van der Waals surface area contributed by atoms with Crippen molar-refractivity contribution in [1.29, 1.82) is 0 Å². The molecule has 2 rings (SSSR count). The van der Waals surface area contributed by atoms with E-state index in [-0.39, 0.29) is 5.82 Å². The Morgan fingerprint density at radius 2 is 2.06 bits per heavy atom. The second-order valence-electron chi connectivity index (χ2n) is 4.09. The molecular weight excluding hydrogens is 229 g/mol. The second-order valence-corrected chi connectivity index (χ2v) is 4.09. The molecule has 0 saturated heterocycles. The first-order valence-electron chi connectivity index (χ1n) is 6.08. The van der Waals surface area contributed by atoms with Gasteiger partial charge in [-0.2, -0.15) is 0 Å². The van der Waals surface area contributed by atoms with Crippen LogP contribution < -0.4 is 5.32 Å². The number of aryl methyl sites for hydroxylation is 1. The molecule has 18 heavy (non-hydrogen) atoms. The summed E-state index contributed by atoms with van der Waals surface area (Å²) in [5, 5.41) is 3.11. The maximum Gasteiger partial charge on any atom is 0.129 e. The fourth-order valence-corrected chi connectivity index (χ4v) is 1.71. The molecule has 0 amide bonds. The first-order chi connectivity index (χ1) is 8.79. The number of anilines is 1. The van der Waals surface area contributed by atoms with E-state index in [4.69, 9.17) is 0 Å². The Bertz CT molecular complexity index is 514. The summed E-state index contributed by atoms with van der Waals surface area (Å²) in [5.74, 6) is 0.532. The second kappa shape index (κ2) is 6.10. The van der Waals surface area contributed by atoms with Gasteiger partial charge in [0.15, 0.2) is 0 Å². The number of rotatable bonds is 5. The summed E-state index contributed by atoms with van der Waals surface area (Å²) < 4.78 is 13.4. The average molecular weight is 245 g/mol. The van der Waals surface area contributed by atoms with Crippen molar-refractivity contribution in [2.45, 2.75) is 26.3 Å². The van der Waals surface area contributed by atoms with Crippen LogP contribution in [0.5, 0.6) is 0 Å². The third-order valence-corrected chi connectivity index (χ3v) is 2.65. The van der Waals surface area contributed by atoms with Crippen LogP contribution in [-0.4, -0.2) is 9.97 Å². The van der Waals surface area contributed by atoms with Gasteiger partial charge in [0.25, 0.3) is 0 Å². The molecule has 0 spiro atoms. The number of hydrogen-bond donors (Lipinski definition) is 1. The summed E-state index contributed by atoms with van der Waals surface area (Å²) in [6, 6.07) is 8.63. The summed E-state index contributed by atoms with van der Waals surface area (Å²) in [5.41, 5.74) is 1.64. The lowest BCUT2D eigenvalue weighted by atomic mass is 10.2. The van der Waals surface area contributed by atoms with Crippen LogP contribution in [0.25, 0.3) is 0 Å². The third kappa shape index (κ3) is 3.26. The van der Waals surface area contributed by atoms with Gasteiger partial charge in [0.05, 0.1) is 0 Å². The Morgan fingerprint density at radius 3 is 2.83 bits per heavy atom. The quantitative estimate of drug-likeness (QED) is 0.879. The molecule has 0 atom stereocenters. The van der Waals surface area contributed by atoms with Crippen molar-refractivity contribution in [3.8, 4) is 0 Å². The van der Waals surface area contributed by atoms with E-state index in [1.807, 2.05) is 12.1 Å². The van der Waals surface area contributed by atoms with Crippen LogP contribution in [-0.2, 0) is 13.0 Å². The summed E-state index contributed by atoms with van der Waals surface area (Å²) in [6.45, 7) is 2.53. The molecule has 0 radical (unpaired) electrons. The highest BCUT2D eigenvalue weighted by Gasteiger charge is 2.02. The highest BCUT2D eigenvalue weighted by molar-refractivity contribution is 5.36. The summed E-state index contributed by atoms with van der Waals surface area (Å²) >= 11 is 0. The van der Waals surface area contributed by atoms with E-state index >= 15 is 0 Å². The van der Waals surface area contributed by atoms with Gasteiger partial charge in [-0.3, -0.25) is 0 Å². The lowest BCUT2D eigenvalue weighted by Crippen LogP contribution is -2.04. The minimum absolute atomic E-state index is 0.201. The molecule has 0 aliphatic heterocycles. The van der Waals surface area contributed by atoms with E-state index < -0.39 is 0 Å². The monoisotopic (exact) mass is 245 g/mol. The Labute approximate surface area is 106 Å². The first-order valence-corrected chi connectivity index (χ1v) is 6.08. The highest BCUT2D eigenvalue weighted by Crippen LogP contribution is 2.10. The van der Waals surface area contributed by atoms with Crippen LogP contribution in [0.15, 0.2) is 36.7 Å². The summed E-state index contributed by atoms with van der Waals surface area (Å²) in [7, 11) is 0. The maximum absolute atomic E-state index is 13.4. The van der Waals surface area contributed by atoms with Crippen molar-refractivity contribution in [3.05, 3.63) is 53.7 Å². The Hall–Kier alpha value is -1.97. The number of aromatic nitrogens is 2. The van der Waals surface area contributed by atoms with Gasteiger partial charge in [-0.15, -0.1) is 0 Å². The van der Waals surface area contributed by atoms with E-state index in [1.165, 1.54) is 12.4 Å². The van der Waals surface area contributed by atoms with Crippen molar-refractivity contribution < 1.29 is 4.39 Å². The highest BCUT2D eigenvalue weighted by atomic mass is 19.1. The van der Waals surface area contributed by atoms with Crippen molar-refractivity contribution in [1.82, 2.24) is 9.97 Å². The molecule has 3 nitrogen and oxygen atoms in total. The number of benzene rings is 1. The molecule has 1 aromatic carbocycles. The zero-order chi connectivity index (χ0) is 12.8. The number of halogens is 1. The van der Waals surface area contributed by atoms with E-state index in [0.29, 0.717) is 12.1 Å². The van der Waals surface area contributed by atoms with Crippen LogP contribution in [0.2, 0.25) is 0 Å². The molecule has 0 aliphatic carbocycles. The fourth-order valence-electron chi connectivity index (χ4n) is 1.71. The molecule has 0 bridgehead atoms. The Balaban J connectivity index is 2.02. The summed E-state index contributed by atoms with van der Waals surface area (Å²) in [4.78, 5) is 8.30. The van der Waals surface area contributed by atoms with Crippen LogP contribution >= 0.6 is 0 Å². The SMILES string of the molecule is CCCc1cc(NCc2ccccc2F)ncn1. The minimum Gasteiger partial charge on any atom is -0.366 e. The standard InChI is InChI=1S/C14H16FN3/c1-2-5-12-8-14(18-10-17-12)16-9-11-6-3-4-7-13(11)15/h3-4,6-8,10H,2,5,9H2,1H3,(H,16,17,18). The topological polar surface area (TPSA) is 37.8 Å². The van der Waals surface area contributed by atoms with Crippen molar-refractivity contribution in [3.63, 3.8) is 0 Å². The zero-order valence-corrected chi connectivity index (χ0v) is 10.4. The van der Waals surface area contributed by atoms with Crippen molar-refractivity contribution >= 4 is 5.82 Å². The lowest BCUT2D eigenvalue weighted by molar-refractivity contribution is 0.613. The van der Waals surface area contributed by atoms with Gasteiger partial charge in [-0.25, -0.2) is 14.4 Å². The molecule has 0 fully saturated rings. The molecule has 2 aromatic rings. The first kappa shape index (κ1) is 12.5. The van der Waals surface area contributed by atoms with Gasteiger partial charge in [0, 0.05) is 23.9 Å². The summed E-state index contributed by atoms with van der Waals surface area (Å²) in [6.07, 6.45) is 3.51. The number of nitrogens with one attached hydrogen (secondary N) is 1. The van der Waals surface area contributed by atoms with Crippen LogP contribution in [0.1, 0.15) is 24.6 Å². The van der Waals surface area contributed by atoms with Gasteiger partial charge in [-0.05, 0) is 12.5 Å². The molecule has 1 heterocycles. The smallest absolute Gasteiger partial charge is 0.129 e. The van der Waals surface area contributed by atoms with Crippen LogP contribution in [0.3, 0.4) is 0 Å². The Morgan fingerprint density at radius 1 is 1.22 bits per heavy atom. The molecule has 4 heteroatoms. The molecule has 0 aliphatic rings. The zero-order valence-electron chi connectivity index (χ0n) is 10.4. The fraction of sp³-hybridized carbons (Fsp3) is 0.286. The molecule has 94 valence electrons. The van der Waals surface area contributed by atoms with Crippen molar-refractivity contribution in [2.24, 2.45) is 0 Å². The molecule has 0 unspecified atom stereocenters. The molecule has 1 N–H and O–H groups in total. The molecular formula is C14H16FN3. The van der Waals surface area contributed by atoms with Gasteiger partial charge in [0.2, 0.25) is 0 Å². The van der Waals surface area contributed by atoms with E-state index in [0.717, 1.165) is 24.4 Å². The third-order valence-electron chi connectivity index (χ3n) is 2.65. The van der Waals surface area contributed by atoms with Crippen LogP contribution in [0, 0.1) is 5.82 Å². The largest absolute Gasteiger partial charge is 0.366 e. The lowest BCUT2D eigenvalue weighted by Gasteiger charge is -2.07. The maximum atomic E-state index is 13.4. The van der Waals surface area contributed by atoms with Gasteiger partial charge >= 0.3 is 0 Å². The number of nitrogens with zero attached hydrogens (tertiary/aromatic N) is 2. The molecule has 1 aromatic heterocycles. The minimum atomic E-state index is -0.201. The molecule has 0 saturated carbocycles. The Kier molecular flexibility index (Phi) is 4.23. The predicted octanol–water partition coefficient (Wildman–Crippen LogP) is 3.18. The van der Waals surface area contributed by atoms with Gasteiger partial charge in [0.1, 0.15) is 18.0 Å².